The van der Waals surface area contributed by atoms with Gasteiger partial charge in [-0.1, -0.05) is 48.1 Å². The van der Waals surface area contributed by atoms with E-state index in [2.05, 4.69) is 27.4 Å². The number of aromatic nitrogens is 2. The van der Waals surface area contributed by atoms with Crippen molar-refractivity contribution in [3.05, 3.63) is 120 Å². The van der Waals surface area contributed by atoms with Gasteiger partial charge in [0.15, 0.2) is 0 Å². The van der Waals surface area contributed by atoms with Crippen molar-refractivity contribution < 1.29 is 9.13 Å². The van der Waals surface area contributed by atoms with Crippen LogP contribution in [0, 0.1) is 17.1 Å². The molecule has 1 heterocycles. The van der Waals surface area contributed by atoms with Crippen molar-refractivity contribution in [2.24, 2.45) is 0 Å². The quantitative estimate of drug-likeness (QED) is 0.309. The summed E-state index contributed by atoms with van der Waals surface area (Å²) >= 11 is 0. The van der Waals surface area contributed by atoms with Crippen LogP contribution in [0.4, 0.5) is 10.2 Å². The predicted octanol–water partition coefficient (Wildman–Crippen LogP) is 7.11. The van der Waals surface area contributed by atoms with Crippen molar-refractivity contribution in [1.82, 2.24) is 9.97 Å². The fourth-order valence-electron chi connectivity index (χ4n) is 3.95. The van der Waals surface area contributed by atoms with E-state index < -0.39 is 0 Å². The molecular weight excluding hydrogens is 451 g/mol. The zero-order chi connectivity index (χ0) is 24.7. The third kappa shape index (κ3) is 5.48. The summed E-state index contributed by atoms with van der Waals surface area (Å²) < 4.78 is 18.9. The average molecular weight is 475 g/mol. The number of hydrogen-bond acceptors (Lipinski definition) is 5. The molecule has 6 heteroatoms. The number of nitrogens with one attached hydrogen (secondary N) is 1. The Kier molecular flexibility index (Phi) is 6.81. The van der Waals surface area contributed by atoms with Gasteiger partial charge in [-0.05, 0) is 71.7 Å². The van der Waals surface area contributed by atoms with Gasteiger partial charge in [0.25, 0.3) is 0 Å². The lowest BCUT2D eigenvalue weighted by atomic mass is 10.0. The molecule has 0 saturated heterocycles. The van der Waals surface area contributed by atoms with Crippen LogP contribution in [-0.4, -0.2) is 9.97 Å². The lowest BCUT2D eigenvalue weighted by molar-refractivity contribution is 0.306. The van der Waals surface area contributed by atoms with Crippen LogP contribution in [0.1, 0.15) is 18.4 Å². The fraction of sp³-hybridized carbons (Fsp3) is 0.100. The fourth-order valence-corrected chi connectivity index (χ4v) is 3.95. The van der Waals surface area contributed by atoms with Gasteiger partial charge in [-0.15, -0.1) is 0 Å². The van der Waals surface area contributed by atoms with E-state index in [4.69, 9.17) is 10.00 Å². The van der Waals surface area contributed by atoms with E-state index in [1.807, 2.05) is 60.7 Å². The molecule has 5 nitrogen and oxygen atoms in total. The van der Waals surface area contributed by atoms with E-state index in [-0.39, 0.29) is 5.82 Å². The Bertz CT molecular complexity index is 1510. The highest BCUT2D eigenvalue weighted by Gasteiger charge is 2.08. The van der Waals surface area contributed by atoms with Gasteiger partial charge >= 0.3 is 0 Å². The Labute approximate surface area is 208 Å². The summed E-state index contributed by atoms with van der Waals surface area (Å²) in [7, 11) is 0. The molecule has 176 valence electrons. The molecule has 0 atom stereocenters. The smallest absolute Gasteiger partial charge is 0.141 e. The summed E-state index contributed by atoms with van der Waals surface area (Å²) in [4.78, 5) is 8.90. The third-order valence-electron chi connectivity index (χ3n) is 5.89. The molecule has 0 bridgehead atoms. The van der Waals surface area contributed by atoms with Crippen molar-refractivity contribution in [3.8, 4) is 22.9 Å². The van der Waals surface area contributed by atoms with Crippen LogP contribution in [0.2, 0.25) is 0 Å². The number of nitrogens with zero attached hydrogens (tertiary/aromatic N) is 3. The largest absolute Gasteiger partial charge is 0.489 e. The molecule has 0 amide bonds. The van der Waals surface area contributed by atoms with Gasteiger partial charge in [-0.25, -0.2) is 14.4 Å². The summed E-state index contributed by atoms with van der Waals surface area (Å²) in [5.41, 5.74) is 5.80. The average Bonchev–Trinajstić information content (AvgIpc) is 3.14. The number of fused-ring (bicyclic) bond motifs is 1. The molecule has 1 aliphatic rings. The standard InChI is InChI=1S/C30H23FN4O/c31-25-10-4-22(5-11-25)19-36-27-13-7-23(8-14-27)24-9-15-29-28(18-24)30(34-20-33-29)35-26-3-1-2-21(6-12-26)16-17-32/h1,3-15,18,20H,2,16,19H2,(H,33,34,35). The van der Waals surface area contributed by atoms with Crippen molar-refractivity contribution in [2.45, 2.75) is 19.4 Å². The van der Waals surface area contributed by atoms with Crippen molar-refractivity contribution in [3.63, 3.8) is 0 Å². The van der Waals surface area contributed by atoms with Gasteiger partial charge < -0.3 is 10.1 Å². The minimum atomic E-state index is -0.258. The summed E-state index contributed by atoms with van der Waals surface area (Å²) in [5, 5.41) is 13.3. The number of nitriles is 1. The number of halogens is 1. The van der Waals surface area contributed by atoms with Crippen LogP contribution in [0.5, 0.6) is 5.75 Å². The minimum Gasteiger partial charge on any atom is -0.489 e. The molecule has 1 N–H and O–H groups in total. The van der Waals surface area contributed by atoms with Gasteiger partial charge in [-0.2, -0.15) is 5.26 Å². The normalized spacial score (nSPS) is 12.9. The SMILES string of the molecule is N#CCC1=CC=C(Nc2ncnc3ccc(-c4ccc(OCc5ccc(F)cc5)cc4)cc23)C=CC1. The Morgan fingerprint density at radius 1 is 0.944 bits per heavy atom. The lowest BCUT2D eigenvalue weighted by Crippen LogP contribution is -2.00. The van der Waals surface area contributed by atoms with Gasteiger partial charge in [-0.3, -0.25) is 0 Å². The highest BCUT2D eigenvalue weighted by molar-refractivity contribution is 5.93. The topological polar surface area (TPSA) is 70.8 Å². The molecule has 1 aliphatic carbocycles. The van der Waals surface area contributed by atoms with Crippen LogP contribution < -0.4 is 10.1 Å². The van der Waals surface area contributed by atoms with Crippen LogP contribution in [0.15, 0.2) is 109 Å². The zero-order valence-corrected chi connectivity index (χ0v) is 19.5. The predicted molar refractivity (Wildman–Crippen MR) is 139 cm³/mol. The molecule has 0 saturated carbocycles. The van der Waals surface area contributed by atoms with Crippen LogP contribution in [0.25, 0.3) is 22.0 Å². The number of benzene rings is 3. The molecular formula is C30H23FN4O. The summed E-state index contributed by atoms with van der Waals surface area (Å²) in [6.07, 6.45) is 10.7. The van der Waals surface area contributed by atoms with E-state index in [1.165, 1.54) is 12.1 Å². The third-order valence-corrected chi connectivity index (χ3v) is 5.89. The Morgan fingerprint density at radius 3 is 2.56 bits per heavy atom. The molecule has 0 unspecified atom stereocenters. The second kappa shape index (κ2) is 10.7. The maximum Gasteiger partial charge on any atom is 0.141 e. The maximum atomic E-state index is 13.1. The summed E-state index contributed by atoms with van der Waals surface area (Å²) in [6, 6.07) is 22.5. The van der Waals surface area contributed by atoms with Crippen LogP contribution in [-0.2, 0) is 6.61 Å². The van der Waals surface area contributed by atoms with Crippen LogP contribution >= 0.6 is 0 Å². The van der Waals surface area contributed by atoms with Gasteiger partial charge in [0.05, 0.1) is 18.0 Å². The van der Waals surface area contributed by atoms with Gasteiger partial charge in [0, 0.05) is 11.1 Å². The van der Waals surface area contributed by atoms with Gasteiger partial charge in [0.2, 0.25) is 0 Å². The lowest BCUT2D eigenvalue weighted by Gasteiger charge is -2.11. The Morgan fingerprint density at radius 2 is 1.75 bits per heavy atom. The first-order valence-electron chi connectivity index (χ1n) is 11.6. The Hall–Kier alpha value is -4.76. The maximum absolute atomic E-state index is 13.1. The highest BCUT2D eigenvalue weighted by Crippen LogP contribution is 2.29. The first-order chi connectivity index (χ1) is 17.7. The van der Waals surface area contributed by atoms with Crippen molar-refractivity contribution >= 4 is 16.7 Å². The van der Waals surface area contributed by atoms with Gasteiger partial charge in [0.1, 0.15) is 30.3 Å². The first kappa shape index (κ1) is 23.0. The second-order valence-electron chi connectivity index (χ2n) is 8.41. The zero-order valence-electron chi connectivity index (χ0n) is 19.5. The highest BCUT2D eigenvalue weighted by atomic mass is 19.1. The molecule has 0 radical (unpaired) electrons. The minimum absolute atomic E-state index is 0.258. The molecule has 0 spiro atoms. The van der Waals surface area contributed by atoms with E-state index in [0.717, 1.165) is 51.0 Å². The molecule has 36 heavy (non-hydrogen) atoms. The van der Waals surface area contributed by atoms with E-state index in [9.17, 15) is 4.39 Å². The van der Waals surface area contributed by atoms with Crippen molar-refractivity contribution in [2.75, 3.05) is 5.32 Å². The van der Waals surface area contributed by atoms with E-state index in [1.54, 1.807) is 18.5 Å². The van der Waals surface area contributed by atoms with Crippen molar-refractivity contribution in [1.29, 1.82) is 5.26 Å². The van der Waals surface area contributed by atoms with E-state index in [0.29, 0.717) is 18.8 Å². The number of anilines is 1. The number of ether oxygens (including phenoxy) is 1. The summed E-state index contributed by atoms with van der Waals surface area (Å²) in [5.74, 6) is 1.20. The second-order valence-corrected chi connectivity index (χ2v) is 8.41. The molecule has 5 rings (SSSR count). The molecule has 3 aromatic carbocycles. The Balaban J connectivity index is 1.35. The molecule has 0 fully saturated rings. The molecule has 0 aliphatic heterocycles. The number of rotatable bonds is 7. The van der Waals surface area contributed by atoms with E-state index >= 15 is 0 Å². The van der Waals surface area contributed by atoms with Crippen LogP contribution in [0.3, 0.4) is 0 Å². The summed E-state index contributed by atoms with van der Waals surface area (Å²) in [6.45, 7) is 0.374. The monoisotopic (exact) mass is 474 g/mol. The molecule has 4 aromatic rings. The first-order valence-corrected chi connectivity index (χ1v) is 11.6. The molecule has 1 aromatic heterocycles. The number of allylic oxidation sites excluding steroid dienone is 5. The number of hydrogen-bond donors (Lipinski definition) is 1.